The molecule has 0 saturated carbocycles. The molecule has 1 N–H and O–H groups in total. The van der Waals surface area contributed by atoms with E-state index in [4.69, 9.17) is 9.47 Å². The van der Waals surface area contributed by atoms with Gasteiger partial charge in [0.05, 0.1) is 19.9 Å². The highest BCUT2D eigenvalue weighted by atomic mass is 16.5. The molecule has 0 bridgehead atoms. The number of nitrogens with one attached hydrogen (secondary N) is 1. The highest BCUT2D eigenvalue weighted by Gasteiger charge is 2.08. The van der Waals surface area contributed by atoms with Gasteiger partial charge in [0.15, 0.2) is 11.5 Å². The van der Waals surface area contributed by atoms with Crippen molar-refractivity contribution in [1.29, 1.82) is 0 Å². The van der Waals surface area contributed by atoms with E-state index in [1.54, 1.807) is 36.2 Å². The summed E-state index contributed by atoms with van der Waals surface area (Å²) in [6.07, 6.45) is 4.75. The largest absolute Gasteiger partial charge is 0.493 e. The monoisotopic (exact) mass is 303 g/mol. The van der Waals surface area contributed by atoms with Crippen LogP contribution in [-0.4, -0.2) is 29.4 Å². The topological polar surface area (TPSA) is 65.4 Å². The lowest BCUT2D eigenvalue weighted by Gasteiger charge is -2.11. The first-order chi connectivity index (χ1) is 10.6. The summed E-state index contributed by atoms with van der Waals surface area (Å²) in [4.78, 5) is 12.0. The molecule has 2 aromatic rings. The van der Waals surface area contributed by atoms with Gasteiger partial charge in [-0.25, -0.2) is 0 Å². The minimum atomic E-state index is -0.0462. The Balaban J connectivity index is 1.93. The van der Waals surface area contributed by atoms with Crippen LogP contribution >= 0.6 is 0 Å². The molecule has 1 amide bonds. The van der Waals surface area contributed by atoms with Crippen molar-refractivity contribution in [3.05, 3.63) is 36.2 Å². The average molecular weight is 303 g/mol. The number of anilines is 1. The standard InChI is InChI=1S/C16H21N3O3/c1-4-22-14-7-6-13(9-15(14)21-3)18-16(20)8-5-12-10-17-19(2)11-12/h6-7,9-11H,4-5,8H2,1-3H3,(H,18,20). The summed E-state index contributed by atoms with van der Waals surface area (Å²) in [6, 6.07) is 5.35. The van der Waals surface area contributed by atoms with Crippen LogP contribution in [0, 0.1) is 0 Å². The molecule has 0 fully saturated rings. The van der Waals surface area contributed by atoms with Gasteiger partial charge >= 0.3 is 0 Å². The van der Waals surface area contributed by atoms with Crippen molar-refractivity contribution in [2.75, 3.05) is 19.0 Å². The van der Waals surface area contributed by atoms with Crippen LogP contribution < -0.4 is 14.8 Å². The Morgan fingerprint density at radius 2 is 2.18 bits per heavy atom. The summed E-state index contributed by atoms with van der Waals surface area (Å²) in [6.45, 7) is 2.47. The van der Waals surface area contributed by atoms with E-state index in [2.05, 4.69) is 10.4 Å². The van der Waals surface area contributed by atoms with Crippen molar-refractivity contribution >= 4 is 11.6 Å². The molecule has 1 aromatic heterocycles. The van der Waals surface area contributed by atoms with E-state index in [1.807, 2.05) is 20.2 Å². The first kappa shape index (κ1) is 15.9. The smallest absolute Gasteiger partial charge is 0.224 e. The van der Waals surface area contributed by atoms with Gasteiger partial charge in [-0.15, -0.1) is 0 Å². The van der Waals surface area contributed by atoms with Gasteiger partial charge in [-0.3, -0.25) is 9.48 Å². The molecule has 118 valence electrons. The van der Waals surface area contributed by atoms with Gasteiger partial charge in [-0.1, -0.05) is 0 Å². The van der Waals surface area contributed by atoms with E-state index >= 15 is 0 Å². The van der Waals surface area contributed by atoms with Crippen LogP contribution in [0.3, 0.4) is 0 Å². The third-order valence-electron chi connectivity index (χ3n) is 3.15. The molecule has 2 rings (SSSR count). The number of carbonyl (C=O) groups excluding carboxylic acids is 1. The number of hydrogen-bond donors (Lipinski definition) is 1. The van der Waals surface area contributed by atoms with Gasteiger partial charge in [0, 0.05) is 31.4 Å². The first-order valence-corrected chi connectivity index (χ1v) is 7.20. The molecule has 1 aromatic carbocycles. The molecular weight excluding hydrogens is 282 g/mol. The Kier molecular flexibility index (Phi) is 5.41. The number of carbonyl (C=O) groups is 1. The van der Waals surface area contributed by atoms with Gasteiger partial charge in [0.25, 0.3) is 0 Å². The zero-order chi connectivity index (χ0) is 15.9. The van der Waals surface area contributed by atoms with Crippen molar-refractivity contribution in [3.8, 4) is 11.5 Å². The number of aromatic nitrogens is 2. The van der Waals surface area contributed by atoms with Crippen LogP contribution in [0.1, 0.15) is 18.9 Å². The van der Waals surface area contributed by atoms with Crippen LogP contribution in [0.15, 0.2) is 30.6 Å². The number of nitrogens with zero attached hydrogens (tertiary/aromatic N) is 2. The predicted molar refractivity (Wildman–Crippen MR) is 84.3 cm³/mol. The lowest BCUT2D eigenvalue weighted by atomic mass is 10.2. The molecular formula is C16H21N3O3. The van der Waals surface area contributed by atoms with Crippen LogP contribution in [0.5, 0.6) is 11.5 Å². The minimum Gasteiger partial charge on any atom is -0.493 e. The van der Waals surface area contributed by atoms with Crippen molar-refractivity contribution in [3.63, 3.8) is 0 Å². The Morgan fingerprint density at radius 3 is 2.82 bits per heavy atom. The Morgan fingerprint density at radius 1 is 1.36 bits per heavy atom. The minimum absolute atomic E-state index is 0.0462. The molecule has 22 heavy (non-hydrogen) atoms. The lowest BCUT2D eigenvalue weighted by Crippen LogP contribution is -2.12. The number of aryl methyl sites for hydroxylation is 2. The number of hydrogen-bond acceptors (Lipinski definition) is 4. The fraction of sp³-hybridized carbons (Fsp3) is 0.375. The SMILES string of the molecule is CCOc1ccc(NC(=O)CCc2cnn(C)c2)cc1OC. The lowest BCUT2D eigenvalue weighted by molar-refractivity contribution is -0.116. The molecule has 0 aliphatic rings. The summed E-state index contributed by atoms with van der Waals surface area (Å²) in [5, 5.41) is 6.94. The third-order valence-corrected chi connectivity index (χ3v) is 3.15. The maximum absolute atomic E-state index is 12.0. The van der Waals surface area contributed by atoms with Crippen LogP contribution in [-0.2, 0) is 18.3 Å². The Bertz CT molecular complexity index is 637. The van der Waals surface area contributed by atoms with Gasteiger partial charge in [0.2, 0.25) is 5.91 Å². The number of methoxy groups -OCH3 is 1. The Hall–Kier alpha value is -2.50. The maximum Gasteiger partial charge on any atom is 0.224 e. The maximum atomic E-state index is 12.0. The van der Waals surface area contributed by atoms with Crippen LogP contribution in [0.4, 0.5) is 5.69 Å². The number of ether oxygens (including phenoxy) is 2. The van der Waals surface area contributed by atoms with Crippen LogP contribution in [0.2, 0.25) is 0 Å². The highest BCUT2D eigenvalue weighted by Crippen LogP contribution is 2.30. The molecule has 0 unspecified atom stereocenters. The highest BCUT2D eigenvalue weighted by molar-refractivity contribution is 5.91. The Labute approximate surface area is 130 Å². The van der Waals surface area contributed by atoms with E-state index < -0.39 is 0 Å². The molecule has 0 atom stereocenters. The van der Waals surface area contributed by atoms with E-state index in [0.717, 1.165) is 5.56 Å². The van der Waals surface area contributed by atoms with E-state index in [1.165, 1.54) is 0 Å². The van der Waals surface area contributed by atoms with Gasteiger partial charge in [0.1, 0.15) is 0 Å². The second-order valence-electron chi connectivity index (χ2n) is 4.87. The number of amides is 1. The molecule has 0 saturated heterocycles. The van der Waals surface area contributed by atoms with Gasteiger partial charge in [-0.05, 0) is 31.0 Å². The second-order valence-corrected chi connectivity index (χ2v) is 4.87. The van der Waals surface area contributed by atoms with E-state index in [9.17, 15) is 4.79 Å². The number of benzene rings is 1. The van der Waals surface area contributed by atoms with Crippen molar-refractivity contribution < 1.29 is 14.3 Å². The molecule has 0 aliphatic heterocycles. The molecule has 0 radical (unpaired) electrons. The van der Waals surface area contributed by atoms with Crippen molar-refractivity contribution in [2.45, 2.75) is 19.8 Å². The molecule has 6 nitrogen and oxygen atoms in total. The first-order valence-electron chi connectivity index (χ1n) is 7.20. The zero-order valence-corrected chi connectivity index (χ0v) is 13.1. The summed E-state index contributed by atoms with van der Waals surface area (Å²) in [7, 11) is 3.43. The normalized spacial score (nSPS) is 10.3. The fourth-order valence-corrected chi connectivity index (χ4v) is 2.10. The van der Waals surface area contributed by atoms with Crippen molar-refractivity contribution in [1.82, 2.24) is 9.78 Å². The summed E-state index contributed by atoms with van der Waals surface area (Å²) in [5.74, 6) is 1.22. The van der Waals surface area contributed by atoms with Crippen LogP contribution in [0.25, 0.3) is 0 Å². The summed E-state index contributed by atoms with van der Waals surface area (Å²) in [5.41, 5.74) is 1.73. The average Bonchev–Trinajstić information content (AvgIpc) is 2.92. The summed E-state index contributed by atoms with van der Waals surface area (Å²) >= 11 is 0. The molecule has 6 heteroatoms. The fourth-order valence-electron chi connectivity index (χ4n) is 2.10. The van der Waals surface area contributed by atoms with Gasteiger partial charge in [-0.2, -0.15) is 5.10 Å². The zero-order valence-electron chi connectivity index (χ0n) is 13.1. The quantitative estimate of drug-likeness (QED) is 0.853. The second kappa shape index (κ2) is 7.49. The molecule has 0 aliphatic carbocycles. The van der Waals surface area contributed by atoms with Crippen molar-refractivity contribution in [2.24, 2.45) is 7.05 Å². The predicted octanol–water partition coefficient (Wildman–Crippen LogP) is 2.40. The third kappa shape index (κ3) is 4.25. The van der Waals surface area contributed by atoms with E-state index in [0.29, 0.717) is 36.6 Å². The number of rotatable bonds is 7. The summed E-state index contributed by atoms with van der Waals surface area (Å²) < 4.78 is 12.4. The molecule has 1 heterocycles. The van der Waals surface area contributed by atoms with Gasteiger partial charge < -0.3 is 14.8 Å². The van der Waals surface area contributed by atoms with E-state index in [-0.39, 0.29) is 5.91 Å². The molecule has 0 spiro atoms.